The molecule has 15 heavy (non-hydrogen) atoms. The van der Waals surface area contributed by atoms with Gasteiger partial charge in [0.2, 0.25) is 0 Å². The van der Waals surface area contributed by atoms with Crippen LogP contribution in [0.15, 0.2) is 12.3 Å². The zero-order chi connectivity index (χ0) is 11.5. The molecule has 6 heteroatoms. The van der Waals surface area contributed by atoms with Crippen molar-refractivity contribution in [2.24, 2.45) is 0 Å². The summed E-state index contributed by atoms with van der Waals surface area (Å²) in [7, 11) is 0. The quantitative estimate of drug-likeness (QED) is 0.761. The van der Waals surface area contributed by atoms with Crippen LogP contribution in [-0.4, -0.2) is 17.8 Å². The van der Waals surface area contributed by atoms with Crippen molar-refractivity contribution >= 4 is 0 Å². The number of alkyl halides is 3. The van der Waals surface area contributed by atoms with Crippen LogP contribution in [0.5, 0.6) is 5.75 Å². The second-order valence-electron chi connectivity index (χ2n) is 2.80. The van der Waals surface area contributed by atoms with Crippen molar-refractivity contribution in [1.82, 2.24) is 4.98 Å². The zero-order valence-electron chi connectivity index (χ0n) is 7.80. The van der Waals surface area contributed by atoms with Gasteiger partial charge in [-0.15, -0.1) is 0 Å². The highest BCUT2D eigenvalue weighted by Crippen LogP contribution is 2.22. The van der Waals surface area contributed by atoms with Gasteiger partial charge in [-0.2, -0.15) is 18.4 Å². The van der Waals surface area contributed by atoms with Crippen LogP contribution >= 0.6 is 0 Å². The minimum Gasteiger partial charge on any atom is -0.484 e. The average Bonchev–Trinajstić information content (AvgIpc) is 2.15. The normalized spacial score (nSPS) is 10.9. The number of halogens is 3. The van der Waals surface area contributed by atoms with Crippen LogP contribution in [0.3, 0.4) is 0 Å². The minimum absolute atomic E-state index is 0.0267. The van der Waals surface area contributed by atoms with Gasteiger partial charge in [-0.05, 0) is 13.0 Å². The number of aromatic nitrogens is 1. The summed E-state index contributed by atoms with van der Waals surface area (Å²) >= 11 is 0. The number of hydrogen-bond donors (Lipinski definition) is 0. The lowest BCUT2D eigenvalue weighted by atomic mass is 10.2. The molecule has 0 aliphatic carbocycles. The van der Waals surface area contributed by atoms with Crippen LogP contribution in [0.2, 0.25) is 0 Å². The van der Waals surface area contributed by atoms with E-state index in [0.717, 1.165) is 0 Å². The Morgan fingerprint density at radius 3 is 2.73 bits per heavy atom. The van der Waals surface area contributed by atoms with Gasteiger partial charge < -0.3 is 4.74 Å². The van der Waals surface area contributed by atoms with Crippen molar-refractivity contribution in [2.75, 3.05) is 6.61 Å². The molecule has 0 amide bonds. The molecular formula is C9H7F3N2O. The smallest absolute Gasteiger partial charge is 0.422 e. The van der Waals surface area contributed by atoms with Crippen molar-refractivity contribution < 1.29 is 17.9 Å². The molecule has 0 unspecified atom stereocenters. The summed E-state index contributed by atoms with van der Waals surface area (Å²) in [5.74, 6) is 0.0267. The Hall–Kier alpha value is -1.77. The van der Waals surface area contributed by atoms with Gasteiger partial charge >= 0.3 is 6.18 Å². The van der Waals surface area contributed by atoms with E-state index in [9.17, 15) is 13.2 Å². The Kier molecular flexibility index (Phi) is 3.14. The second-order valence-corrected chi connectivity index (χ2v) is 2.80. The van der Waals surface area contributed by atoms with Crippen LogP contribution in [-0.2, 0) is 0 Å². The first-order chi connectivity index (χ1) is 6.94. The van der Waals surface area contributed by atoms with Crippen molar-refractivity contribution in [3.63, 3.8) is 0 Å². The predicted molar refractivity (Wildman–Crippen MR) is 45.2 cm³/mol. The average molecular weight is 216 g/mol. The highest BCUT2D eigenvalue weighted by molar-refractivity contribution is 5.40. The fourth-order valence-electron chi connectivity index (χ4n) is 0.947. The summed E-state index contributed by atoms with van der Waals surface area (Å²) in [6, 6.07) is 3.05. The summed E-state index contributed by atoms with van der Waals surface area (Å²) in [6.45, 7) is 0.111. The molecule has 1 rings (SSSR count). The van der Waals surface area contributed by atoms with Crippen molar-refractivity contribution in [2.45, 2.75) is 13.1 Å². The van der Waals surface area contributed by atoms with E-state index in [0.29, 0.717) is 5.56 Å². The molecule has 0 bridgehead atoms. The standard InChI is InChI=1S/C9H7F3N2O/c1-6-7(4-13)14-3-2-8(6)15-5-9(10,11)12/h2-3H,5H2,1H3. The van der Waals surface area contributed by atoms with Gasteiger partial charge in [0.1, 0.15) is 17.5 Å². The topological polar surface area (TPSA) is 45.9 Å². The number of hydrogen-bond acceptors (Lipinski definition) is 3. The van der Waals surface area contributed by atoms with Gasteiger partial charge in [-0.3, -0.25) is 0 Å². The molecule has 1 heterocycles. The molecule has 1 aromatic heterocycles. The molecule has 0 radical (unpaired) electrons. The molecular weight excluding hydrogens is 209 g/mol. The Morgan fingerprint density at radius 2 is 2.20 bits per heavy atom. The molecule has 0 spiro atoms. The Bertz CT molecular complexity index is 395. The van der Waals surface area contributed by atoms with Crippen LogP contribution in [0.1, 0.15) is 11.3 Å². The highest BCUT2D eigenvalue weighted by Gasteiger charge is 2.28. The van der Waals surface area contributed by atoms with Crippen LogP contribution in [0.25, 0.3) is 0 Å². The number of pyridine rings is 1. The molecule has 1 aromatic rings. The fourth-order valence-corrected chi connectivity index (χ4v) is 0.947. The number of rotatable bonds is 2. The third kappa shape index (κ3) is 3.13. The van der Waals surface area contributed by atoms with E-state index >= 15 is 0 Å². The molecule has 0 atom stereocenters. The third-order valence-corrected chi connectivity index (χ3v) is 1.65. The Labute approximate surface area is 84.1 Å². The SMILES string of the molecule is Cc1c(OCC(F)(F)F)ccnc1C#N. The van der Waals surface area contributed by atoms with Crippen molar-refractivity contribution in [3.8, 4) is 11.8 Å². The summed E-state index contributed by atoms with van der Waals surface area (Å²) in [5, 5.41) is 8.58. The number of nitriles is 1. The number of ether oxygens (including phenoxy) is 1. The second kappa shape index (κ2) is 4.17. The first-order valence-electron chi connectivity index (χ1n) is 3.99. The molecule has 0 aromatic carbocycles. The fraction of sp³-hybridized carbons (Fsp3) is 0.333. The minimum atomic E-state index is -4.39. The first kappa shape index (κ1) is 11.3. The van der Waals surface area contributed by atoms with Crippen LogP contribution < -0.4 is 4.74 Å². The van der Waals surface area contributed by atoms with Gasteiger partial charge in [-0.25, -0.2) is 4.98 Å². The summed E-state index contributed by atoms with van der Waals surface area (Å²) in [5.41, 5.74) is 0.374. The lowest BCUT2D eigenvalue weighted by molar-refractivity contribution is -0.153. The maximum Gasteiger partial charge on any atom is 0.422 e. The van der Waals surface area contributed by atoms with E-state index in [1.807, 2.05) is 0 Å². The Morgan fingerprint density at radius 1 is 1.53 bits per heavy atom. The largest absolute Gasteiger partial charge is 0.484 e. The molecule has 0 aliphatic rings. The maximum atomic E-state index is 11.8. The van der Waals surface area contributed by atoms with Gasteiger partial charge in [0.15, 0.2) is 6.61 Å². The van der Waals surface area contributed by atoms with Crippen molar-refractivity contribution in [1.29, 1.82) is 5.26 Å². The van der Waals surface area contributed by atoms with Gasteiger partial charge in [0.25, 0.3) is 0 Å². The first-order valence-corrected chi connectivity index (χ1v) is 3.99. The predicted octanol–water partition coefficient (Wildman–Crippen LogP) is 2.20. The highest BCUT2D eigenvalue weighted by atomic mass is 19.4. The van der Waals surface area contributed by atoms with Crippen molar-refractivity contribution in [3.05, 3.63) is 23.5 Å². The summed E-state index contributed by atoms with van der Waals surface area (Å²) < 4.78 is 40.1. The van der Waals surface area contributed by atoms with Gasteiger partial charge in [-0.1, -0.05) is 0 Å². The summed E-state index contributed by atoms with van der Waals surface area (Å²) in [6.07, 6.45) is -3.15. The molecule has 80 valence electrons. The molecule has 0 N–H and O–H groups in total. The lowest BCUT2D eigenvalue weighted by Crippen LogP contribution is -2.19. The van der Waals surface area contributed by atoms with E-state index in [2.05, 4.69) is 9.72 Å². The van der Waals surface area contributed by atoms with Crippen LogP contribution in [0, 0.1) is 18.3 Å². The number of nitrogens with zero attached hydrogens (tertiary/aromatic N) is 2. The van der Waals surface area contributed by atoms with Gasteiger partial charge in [0.05, 0.1) is 0 Å². The molecule has 0 saturated heterocycles. The van der Waals surface area contributed by atoms with Gasteiger partial charge in [0, 0.05) is 11.8 Å². The van der Waals surface area contributed by atoms with E-state index < -0.39 is 12.8 Å². The van der Waals surface area contributed by atoms with Crippen LogP contribution in [0.4, 0.5) is 13.2 Å². The summed E-state index contributed by atoms with van der Waals surface area (Å²) in [4.78, 5) is 3.68. The zero-order valence-corrected chi connectivity index (χ0v) is 7.80. The van der Waals surface area contributed by atoms with E-state index in [1.54, 1.807) is 6.07 Å². The third-order valence-electron chi connectivity index (χ3n) is 1.65. The monoisotopic (exact) mass is 216 g/mol. The van der Waals surface area contributed by atoms with E-state index in [-0.39, 0.29) is 11.4 Å². The molecule has 0 aliphatic heterocycles. The maximum absolute atomic E-state index is 11.8. The van der Waals surface area contributed by atoms with E-state index in [1.165, 1.54) is 19.2 Å². The molecule has 3 nitrogen and oxygen atoms in total. The molecule has 0 saturated carbocycles. The lowest BCUT2D eigenvalue weighted by Gasteiger charge is -2.11. The van der Waals surface area contributed by atoms with E-state index in [4.69, 9.17) is 5.26 Å². The molecule has 0 fully saturated rings. The Balaban J connectivity index is 2.83.